The molecule has 0 radical (unpaired) electrons. The lowest BCUT2D eigenvalue weighted by molar-refractivity contribution is 0.284. The molecule has 96 valence electrons. The van der Waals surface area contributed by atoms with E-state index in [1.165, 1.54) is 9.35 Å². The van der Waals surface area contributed by atoms with E-state index in [1.807, 2.05) is 13.8 Å². The fourth-order valence-electron chi connectivity index (χ4n) is 1.42. The Morgan fingerprint density at radius 1 is 1.59 bits per heavy atom. The zero-order chi connectivity index (χ0) is 13.1. The van der Waals surface area contributed by atoms with Gasteiger partial charge in [0.15, 0.2) is 0 Å². The van der Waals surface area contributed by atoms with Crippen molar-refractivity contribution in [2.45, 2.75) is 26.8 Å². The fraction of sp³-hybridized carbons (Fsp3) is 0.583. The van der Waals surface area contributed by atoms with Crippen LogP contribution in [0.25, 0.3) is 0 Å². The van der Waals surface area contributed by atoms with Crippen molar-refractivity contribution in [2.75, 3.05) is 13.6 Å². The smallest absolute Gasteiger partial charge is 0.0963 e. The molecule has 0 aliphatic carbocycles. The third kappa shape index (κ3) is 4.77. The number of nitrogens with two attached hydrogens (primary N) is 1. The Kier molecular flexibility index (Phi) is 5.16. The average Bonchev–Trinajstić information content (AvgIpc) is 2.61. The first kappa shape index (κ1) is 14.7. The molecule has 17 heavy (non-hydrogen) atoms. The highest BCUT2D eigenvalue weighted by Crippen LogP contribution is 2.23. The largest absolute Gasteiger partial charge is 0.387 e. The Morgan fingerprint density at radius 2 is 2.24 bits per heavy atom. The molecule has 0 unspecified atom stereocenters. The van der Waals surface area contributed by atoms with Crippen LogP contribution in [0, 0.1) is 10.8 Å². The van der Waals surface area contributed by atoms with Gasteiger partial charge in [-0.2, -0.15) is 0 Å². The first-order valence-electron chi connectivity index (χ1n) is 5.57. The van der Waals surface area contributed by atoms with Crippen LogP contribution in [0.5, 0.6) is 0 Å². The van der Waals surface area contributed by atoms with E-state index >= 15 is 0 Å². The molecule has 1 aromatic heterocycles. The van der Waals surface area contributed by atoms with Crippen molar-refractivity contribution < 1.29 is 0 Å². The predicted octanol–water partition coefficient (Wildman–Crippen LogP) is 3.29. The van der Waals surface area contributed by atoms with E-state index in [0.29, 0.717) is 0 Å². The molecule has 0 aromatic carbocycles. The van der Waals surface area contributed by atoms with Gasteiger partial charge in [-0.3, -0.25) is 5.41 Å². The molecule has 3 nitrogen and oxygen atoms in total. The van der Waals surface area contributed by atoms with E-state index in [-0.39, 0.29) is 11.3 Å². The standard InChI is InChI=1S/C12H20BrN3S/c1-12(2,11(14)15)4-5-16(3)7-9-6-10(13)17-8-9/h6,8H,4-5,7H2,1-3H3,(H3,14,15). The number of hydrogen-bond donors (Lipinski definition) is 2. The molecule has 3 N–H and O–H groups in total. The summed E-state index contributed by atoms with van der Waals surface area (Å²) in [5, 5.41) is 9.68. The van der Waals surface area contributed by atoms with Crippen LogP contribution in [0.4, 0.5) is 0 Å². The number of hydrogen-bond acceptors (Lipinski definition) is 3. The molecule has 1 heterocycles. The lowest BCUT2D eigenvalue weighted by Crippen LogP contribution is -2.34. The van der Waals surface area contributed by atoms with E-state index in [9.17, 15) is 0 Å². The summed E-state index contributed by atoms with van der Waals surface area (Å²) in [5.74, 6) is 0.268. The van der Waals surface area contributed by atoms with Crippen molar-refractivity contribution in [3.63, 3.8) is 0 Å². The van der Waals surface area contributed by atoms with Crippen molar-refractivity contribution in [2.24, 2.45) is 11.1 Å². The van der Waals surface area contributed by atoms with Crippen LogP contribution in [0.1, 0.15) is 25.8 Å². The quantitative estimate of drug-likeness (QED) is 0.625. The number of nitrogens with one attached hydrogen (secondary N) is 1. The van der Waals surface area contributed by atoms with Crippen LogP contribution in [0.3, 0.4) is 0 Å². The minimum absolute atomic E-state index is 0.205. The van der Waals surface area contributed by atoms with Crippen LogP contribution in [0.2, 0.25) is 0 Å². The SMILES string of the molecule is CN(CCC(C)(C)C(=N)N)Cc1csc(Br)c1. The Bertz CT molecular complexity index is 387. The lowest BCUT2D eigenvalue weighted by atomic mass is 9.88. The van der Waals surface area contributed by atoms with Gasteiger partial charge >= 0.3 is 0 Å². The topological polar surface area (TPSA) is 53.1 Å². The number of rotatable bonds is 6. The molecule has 0 saturated heterocycles. The minimum Gasteiger partial charge on any atom is -0.387 e. The Balaban J connectivity index is 2.40. The molecule has 0 atom stereocenters. The molecule has 0 aliphatic heterocycles. The van der Waals surface area contributed by atoms with Crippen LogP contribution in [-0.4, -0.2) is 24.3 Å². The van der Waals surface area contributed by atoms with Crippen molar-refractivity contribution in [1.29, 1.82) is 5.41 Å². The molecule has 1 aromatic rings. The summed E-state index contributed by atoms with van der Waals surface area (Å²) in [5.41, 5.74) is 6.69. The maximum Gasteiger partial charge on any atom is 0.0963 e. The Labute approximate surface area is 116 Å². The minimum atomic E-state index is -0.205. The van der Waals surface area contributed by atoms with Crippen LogP contribution >= 0.6 is 27.3 Å². The van der Waals surface area contributed by atoms with Gasteiger partial charge in [0.2, 0.25) is 0 Å². The molecular weight excluding hydrogens is 298 g/mol. The maximum atomic E-state index is 7.52. The summed E-state index contributed by atoms with van der Waals surface area (Å²) in [6.45, 7) is 5.92. The Hall–Kier alpha value is -0.390. The van der Waals surface area contributed by atoms with Gasteiger partial charge in [0.1, 0.15) is 0 Å². The van der Waals surface area contributed by atoms with E-state index in [0.717, 1.165) is 19.5 Å². The monoisotopic (exact) mass is 317 g/mol. The lowest BCUT2D eigenvalue weighted by Gasteiger charge is -2.26. The summed E-state index contributed by atoms with van der Waals surface area (Å²) in [7, 11) is 2.10. The molecule has 5 heteroatoms. The highest BCUT2D eigenvalue weighted by Gasteiger charge is 2.21. The molecule has 0 bridgehead atoms. The third-order valence-electron chi connectivity index (χ3n) is 2.92. The summed E-state index contributed by atoms with van der Waals surface area (Å²) in [6.07, 6.45) is 0.907. The number of amidine groups is 1. The fourth-order valence-corrected chi connectivity index (χ4v) is 2.62. The highest BCUT2D eigenvalue weighted by molar-refractivity contribution is 9.11. The molecule has 0 saturated carbocycles. The summed E-state index contributed by atoms with van der Waals surface area (Å²) >= 11 is 5.18. The van der Waals surface area contributed by atoms with Gasteiger partial charge in [-0.1, -0.05) is 13.8 Å². The van der Waals surface area contributed by atoms with Gasteiger partial charge in [0.05, 0.1) is 9.62 Å². The zero-order valence-corrected chi connectivity index (χ0v) is 13.0. The first-order chi connectivity index (χ1) is 7.81. The first-order valence-corrected chi connectivity index (χ1v) is 7.24. The molecule has 1 rings (SSSR count). The third-order valence-corrected chi connectivity index (χ3v) is 4.48. The average molecular weight is 318 g/mol. The van der Waals surface area contributed by atoms with Gasteiger partial charge in [-0.25, -0.2) is 0 Å². The van der Waals surface area contributed by atoms with Crippen molar-refractivity contribution in [1.82, 2.24) is 4.90 Å². The van der Waals surface area contributed by atoms with Crippen LogP contribution in [-0.2, 0) is 6.54 Å². The molecule has 0 fully saturated rings. The second-order valence-corrected chi connectivity index (χ2v) is 7.33. The highest BCUT2D eigenvalue weighted by atomic mass is 79.9. The number of halogens is 1. The van der Waals surface area contributed by atoms with E-state index in [1.54, 1.807) is 11.3 Å². The Morgan fingerprint density at radius 3 is 2.71 bits per heavy atom. The van der Waals surface area contributed by atoms with Crippen molar-refractivity contribution in [3.05, 3.63) is 20.8 Å². The molecule has 0 amide bonds. The van der Waals surface area contributed by atoms with E-state index in [2.05, 4.69) is 39.3 Å². The van der Waals surface area contributed by atoms with Crippen LogP contribution in [0.15, 0.2) is 15.2 Å². The number of nitrogens with zero attached hydrogens (tertiary/aromatic N) is 1. The van der Waals surface area contributed by atoms with Gasteiger partial charge < -0.3 is 10.6 Å². The summed E-state index contributed by atoms with van der Waals surface area (Å²) in [4.78, 5) is 2.26. The predicted molar refractivity (Wildman–Crippen MR) is 78.7 cm³/mol. The normalized spacial score (nSPS) is 12.1. The molecule has 0 aliphatic rings. The van der Waals surface area contributed by atoms with Gasteiger partial charge in [-0.05, 0) is 53.0 Å². The van der Waals surface area contributed by atoms with E-state index in [4.69, 9.17) is 11.1 Å². The van der Waals surface area contributed by atoms with Crippen molar-refractivity contribution in [3.8, 4) is 0 Å². The van der Waals surface area contributed by atoms with Crippen molar-refractivity contribution >= 4 is 33.1 Å². The van der Waals surface area contributed by atoms with Crippen LogP contribution < -0.4 is 5.73 Å². The second kappa shape index (κ2) is 5.98. The second-order valence-electron chi connectivity index (χ2n) is 5.04. The summed E-state index contributed by atoms with van der Waals surface area (Å²) < 4.78 is 1.17. The van der Waals surface area contributed by atoms with Gasteiger partial charge in [0.25, 0.3) is 0 Å². The van der Waals surface area contributed by atoms with Gasteiger partial charge in [0, 0.05) is 12.0 Å². The maximum absolute atomic E-state index is 7.52. The van der Waals surface area contributed by atoms with Gasteiger partial charge in [-0.15, -0.1) is 11.3 Å². The van der Waals surface area contributed by atoms with E-state index < -0.39 is 0 Å². The zero-order valence-electron chi connectivity index (χ0n) is 10.6. The summed E-state index contributed by atoms with van der Waals surface area (Å²) in [6, 6.07) is 2.15. The molecular formula is C12H20BrN3S. The number of thiophene rings is 1. The molecule has 0 spiro atoms.